The molecule has 27 heavy (non-hydrogen) atoms. The minimum absolute atomic E-state index is 0.126. The molecular formula is C19H18ClN3O2S2. The third-order valence-electron chi connectivity index (χ3n) is 4.54. The number of benzene rings is 1. The van der Waals surface area contributed by atoms with Crippen molar-refractivity contribution < 1.29 is 9.53 Å². The first-order valence-electron chi connectivity index (χ1n) is 8.63. The van der Waals surface area contributed by atoms with Gasteiger partial charge in [-0.1, -0.05) is 23.4 Å². The van der Waals surface area contributed by atoms with Crippen molar-refractivity contribution in [1.29, 1.82) is 0 Å². The number of methoxy groups -OCH3 is 1. The zero-order valence-electron chi connectivity index (χ0n) is 14.9. The lowest BCUT2D eigenvalue weighted by atomic mass is 10.2. The fraction of sp³-hybridized carbons (Fsp3) is 0.316. The summed E-state index contributed by atoms with van der Waals surface area (Å²) in [6, 6.07) is 5.14. The van der Waals surface area contributed by atoms with Crippen LogP contribution < -0.4 is 10.1 Å². The lowest BCUT2D eigenvalue weighted by molar-refractivity contribution is -0.115. The van der Waals surface area contributed by atoms with E-state index in [0.29, 0.717) is 16.5 Å². The molecule has 0 bridgehead atoms. The van der Waals surface area contributed by atoms with E-state index in [4.69, 9.17) is 16.3 Å². The van der Waals surface area contributed by atoms with Gasteiger partial charge in [0.05, 0.1) is 18.0 Å². The summed E-state index contributed by atoms with van der Waals surface area (Å²) >= 11 is 9.25. The molecular weight excluding hydrogens is 402 g/mol. The van der Waals surface area contributed by atoms with Gasteiger partial charge in [-0.3, -0.25) is 4.79 Å². The minimum atomic E-state index is -0.330. The number of thioether (sulfide) groups is 1. The Morgan fingerprint density at radius 2 is 2.22 bits per heavy atom. The zero-order valence-corrected chi connectivity index (χ0v) is 17.3. The first-order chi connectivity index (χ1) is 13.1. The van der Waals surface area contributed by atoms with Crippen molar-refractivity contribution >= 4 is 56.5 Å². The average molecular weight is 420 g/mol. The molecule has 1 atom stereocenters. The van der Waals surface area contributed by atoms with Gasteiger partial charge in [0, 0.05) is 15.3 Å². The number of carbonyl (C=O) groups excluding carboxylic acids is 1. The molecule has 1 unspecified atom stereocenters. The van der Waals surface area contributed by atoms with Gasteiger partial charge in [0.1, 0.15) is 21.9 Å². The molecule has 2 aromatic heterocycles. The smallest absolute Gasteiger partial charge is 0.237 e. The summed E-state index contributed by atoms with van der Waals surface area (Å²) in [5, 5.41) is 5.12. The van der Waals surface area contributed by atoms with E-state index >= 15 is 0 Å². The summed E-state index contributed by atoms with van der Waals surface area (Å²) in [5.41, 5.74) is 1.92. The van der Waals surface area contributed by atoms with Crippen LogP contribution in [0.2, 0.25) is 5.02 Å². The molecule has 140 valence electrons. The molecule has 0 aliphatic heterocycles. The predicted octanol–water partition coefficient (Wildman–Crippen LogP) is 4.96. The topological polar surface area (TPSA) is 64.1 Å². The van der Waals surface area contributed by atoms with Crippen LogP contribution in [0.4, 0.5) is 5.69 Å². The van der Waals surface area contributed by atoms with Crippen molar-refractivity contribution in [3.05, 3.63) is 40.0 Å². The number of anilines is 1. The zero-order chi connectivity index (χ0) is 19.0. The molecule has 1 amide bonds. The summed E-state index contributed by atoms with van der Waals surface area (Å²) in [6.07, 6.45) is 4.95. The number of nitrogens with zero attached hydrogens (tertiary/aromatic N) is 2. The van der Waals surface area contributed by atoms with Crippen LogP contribution >= 0.6 is 34.7 Å². The van der Waals surface area contributed by atoms with Crippen LogP contribution in [0.25, 0.3) is 10.2 Å². The number of amides is 1. The summed E-state index contributed by atoms with van der Waals surface area (Å²) in [7, 11) is 1.56. The minimum Gasteiger partial charge on any atom is -0.495 e. The first kappa shape index (κ1) is 18.5. The quantitative estimate of drug-likeness (QED) is 0.467. The van der Waals surface area contributed by atoms with E-state index in [2.05, 4.69) is 15.3 Å². The molecule has 1 aromatic carbocycles. The number of carbonyl (C=O) groups is 1. The van der Waals surface area contributed by atoms with Gasteiger partial charge in [-0.15, -0.1) is 11.3 Å². The number of aromatic nitrogens is 2. The molecule has 1 N–H and O–H groups in total. The highest BCUT2D eigenvalue weighted by molar-refractivity contribution is 8.00. The van der Waals surface area contributed by atoms with E-state index in [9.17, 15) is 4.79 Å². The Balaban J connectivity index is 1.56. The van der Waals surface area contributed by atoms with Crippen LogP contribution in [-0.4, -0.2) is 28.2 Å². The van der Waals surface area contributed by atoms with Crippen molar-refractivity contribution in [2.45, 2.75) is 36.5 Å². The van der Waals surface area contributed by atoms with Gasteiger partial charge in [-0.2, -0.15) is 0 Å². The number of ether oxygens (including phenoxy) is 1. The van der Waals surface area contributed by atoms with Crippen LogP contribution in [0.15, 0.2) is 29.6 Å². The van der Waals surface area contributed by atoms with Crippen LogP contribution in [0.5, 0.6) is 5.75 Å². The molecule has 0 fully saturated rings. The standard InChI is InChI=1S/C19H18ClN3O2S2/c1-10(17(24)23-13-8-11(20)6-7-14(13)25-2)26-18-16-12-4-3-5-15(12)27-19(16)22-9-21-18/h6-10H,3-5H2,1-2H3,(H,23,24). The molecule has 1 aliphatic carbocycles. The number of rotatable bonds is 5. The van der Waals surface area contributed by atoms with E-state index in [1.807, 2.05) is 6.92 Å². The molecule has 0 radical (unpaired) electrons. The van der Waals surface area contributed by atoms with Crippen LogP contribution in [0, 0.1) is 0 Å². The van der Waals surface area contributed by atoms with Crippen LogP contribution in [-0.2, 0) is 17.6 Å². The Morgan fingerprint density at radius 1 is 1.37 bits per heavy atom. The van der Waals surface area contributed by atoms with Gasteiger partial charge in [0.2, 0.25) is 5.91 Å². The molecule has 3 aromatic rings. The second kappa shape index (κ2) is 7.66. The Kier molecular flexibility index (Phi) is 5.25. The molecule has 8 heteroatoms. The SMILES string of the molecule is COc1ccc(Cl)cc1NC(=O)C(C)Sc1ncnc2sc3c(c12)CCC3. The number of aryl methyl sites for hydroxylation is 2. The third-order valence-corrected chi connectivity index (χ3v) is 7.08. The van der Waals surface area contributed by atoms with Crippen molar-refractivity contribution in [2.24, 2.45) is 0 Å². The van der Waals surface area contributed by atoms with E-state index in [0.717, 1.165) is 28.1 Å². The highest BCUT2D eigenvalue weighted by Crippen LogP contribution is 2.41. The Labute approximate surface area is 170 Å². The highest BCUT2D eigenvalue weighted by atomic mass is 35.5. The van der Waals surface area contributed by atoms with Crippen molar-refractivity contribution in [3.63, 3.8) is 0 Å². The highest BCUT2D eigenvalue weighted by Gasteiger charge is 2.24. The van der Waals surface area contributed by atoms with Crippen molar-refractivity contribution in [3.8, 4) is 5.75 Å². The first-order valence-corrected chi connectivity index (χ1v) is 10.7. The van der Waals surface area contributed by atoms with Gasteiger partial charge in [-0.05, 0) is 49.9 Å². The monoisotopic (exact) mass is 419 g/mol. The summed E-state index contributed by atoms with van der Waals surface area (Å²) < 4.78 is 5.30. The normalized spacial score (nSPS) is 14.2. The van der Waals surface area contributed by atoms with Crippen molar-refractivity contribution in [1.82, 2.24) is 9.97 Å². The van der Waals surface area contributed by atoms with E-state index in [-0.39, 0.29) is 11.2 Å². The summed E-state index contributed by atoms with van der Waals surface area (Å²) in [4.78, 5) is 24.0. The number of nitrogens with one attached hydrogen (secondary N) is 1. The maximum absolute atomic E-state index is 12.7. The second-order valence-electron chi connectivity index (χ2n) is 6.31. The van der Waals surface area contributed by atoms with Crippen LogP contribution in [0.1, 0.15) is 23.8 Å². The average Bonchev–Trinajstić information content (AvgIpc) is 3.23. The fourth-order valence-corrected chi connectivity index (χ4v) is 5.63. The van der Waals surface area contributed by atoms with Gasteiger partial charge in [0.25, 0.3) is 0 Å². The van der Waals surface area contributed by atoms with Gasteiger partial charge in [-0.25, -0.2) is 9.97 Å². The molecule has 4 rings (SSSR count). The Morgan fingerprint density at radius 3 is 3.04 bits per heavy atom. The second-order valence-corrected chi connectivity index (χ2v) is 9.16. The van der Waals surface area contributed by atoms with E-state index in [1.54, 1.807) is 43.0 Å². The number of fused-ring (bicyclic) bond motifs is 3. The molecule has 2 heterocycles. The third kappa shape index (κ3) is 3.63. The maximum atomic E-state index is 12.7. The summed E-state index contributed by atoms with van der Waals surface area (Å²) in [5.74, 6) is 0.448. The van der Waals surface area contributed by atoms with E-state index in [1.165, 1.54) is 28.6 Å². The van der Waals surface area contributed by atoms with Gasteiger partial charge in [0.15, 0.2) is 0 Å². The molecule has 1 aliphatic rings. The van der Waals surface area contributed by atoms with Crippen LogP contribution in [0.3, 0.4) is 0 Å². The number of thiophene rings is 1. The van der Waals surface area contributed by atoms with Crippen molar-refractivity contribution in [2.75, 3.05) is 12.4 Å². The molecule has 0 saturated heterocycles. The lowest BCUT2D eigenvalue weighted by Crippen LogP contribution is -2.22. The lowest BCUT2D eigenvalue weighted by Gasteiger charge is -2.14. The van der Waals surface area contributed by atoms with E-state index < -0.39 is 0 Å². The van der Waals surface area contributed by atoms with Gasteiger partial charge >= 0.3 is 0 Å². The number of hydrogen-bond acceptors (Lipinski definition) is 6. The molecule has 0 saturated carbocycles. The Bertz CT molecular complexity index is 1020. The molecule has 5 nitrogen and oxygen atoms in total. The number of hydrogen-bond donors (Lipinski definition) is 1. The molecule has 0 spiro atoms. The number of halogens is 1. The Hall–Kier alpha value is -1.83. The predicted molar refractivity (Wildman–Crippen MR) is 111 cm³/mol. The maximum Gasteiger partial charge on any atom is 0.237 e. The fourth-order valence-electron chi connectivity index (χ4n) is 3.22. The summed E-state index contributed by atoms with van der Waals surface area (Å²) in [6.45, 7) is 1.87. The van der Waals surface area contributed by atoms with Gasteiger partial charge < -0.3 is 10.1 Å². The largest absolute Gasteiger partial charge is 0.495 e.